The molecular formula is C12H8BrN3O2S. The third-order valence-corrected chi connectivity index (χ3v) is 4.39. The normalized spacial score (nSPS) is 11.8. The van der Waals surface area contributed by atoms with Crippen molar-refractivity contribution in [1.29, 1.82) is 5.26 Å². The lowest BCUT2D eigenvalue weighted by Gasteiger charge is -2.06. The summed E-state index contributed by atoms with van der Waals surface area (Å²) in [6, 6.07) is 3.47. The fourth-order valence-electron chi connectivity index (χ4n) is 1.57. The average molecular weight is 338 g/mol. The summed E-state index contributed by atoms with van der Waals surface area (Å²) in [5.41, 5.74) is 0. The molecule has 0 spiro atoms. The largest absolute Gasteiger partial charge is 0.332 e. The summed E-state index contributed by atoms with van der Waals surface area (Å²) >= 11 is 4.42. The Morgan fingerprint density at radius 3 is 2.74 bits per heavy atom. The predicted molar refractivity (Wildman–Crippen MR) is 73.0 cm³/mol. The molecule has 5 nitrogen and oxygen atoms in total. The van der Waals surface area contributed by atoms with E-state index in [1.54, 1.807) is 30.8 Å². The minimum absolute atomic E-state index is 0.104. The SMILES string of the molecule is Cn1ccnc1C(=O)[C@H](C#N)C(=O)c1sccc1Br. The maximum Gasteiger partial charge on any atom is 0.223 e. The van der Waals surface area contributed by atoms with Crippen LogP contribution in [-0.4, -0.2) is 21.1 Å². The molecule has 96 valence electrons. The van der Waals surface area contributed by atoms with Crippen LogP contribution in [0.3, 0.4) is 0 Å². The molecule has 2 rings (SSSR count). The molecule has 0 saturated carbocycles. The molecular weight excluding hydrogens is 330 g/mol. The fourth-order valence-corrected chi connectivity index (χ4v) is 3.11. The lowest BCUT2D eigenvalue weighted by atomic mass is 9.99. The number of carbonyl (C=O) groups is 2. The Hall–Kier alpha value is -1.78. The summed E-state index contributed by atoms with van der Waals surface area (Å²) < 4.78 is 2.08. The molecule has 2 heterocycles. The summed E-state index contributed by atoms with van der Waals surface area (Å²) in [6.45, 7) is 0. The molecule has 0 fully saturated rings. The zero-order valence-corrected chi connectivity index (χ0v) is 12.2. The fraction of sp³-hybridized carbons (Fsp3) is 0.167. The van der Waals surface area contributed by atoms with Crippen LogP contribution in [0, 0.1) is 17.2 Å². The maximum absolute atomic E-state index is 12.2. The molecule has 2 aromatic rings. The number of rotatable bonds is 4. The third-order valence-electron chi connectivity index (χ3n) is 2.54. The summed E-state index contributed by atoms with van der Waals surface area (Å²) in [5.74, 6) is -2.35. The van der Waals surface area contributed by atoms with E-state index in [2.05, 4.69) is 20.9 Å². The van der Waals surface area contributed by atoms with Gasteiger partial charge in [0.2, 0.25) is 5.78 Å². The van der Waals surface area contributed by atoms with Gasteiger partial charge in [0.25, 0.3) is 0 Å². The number of thiophene rings is 1. The van der Waals surface area contributed by atoms with E-state index in [0.717, 1.165) is 0 Å². The zero-order chi connectivity index (χ0) is 14.0. The van der Waals surface area contributed by atoms with Crippen LogP contribution in [0.25, 0.3) is 0 Å². The zero-order valence-electron chi connectivity index (χ0n) is 9.83. The summed E-state index contributed by atoms with van der Waals surface area (Å²) in [5, 5.41) is 10.8. The van der Waals surface area contributed by atoms with Crippen LogP contribution in [0.15, 0.2) is 28.3 Å². The molecule has 1 atom stereocenters. The Bertz CT molecular complexity index is 631. The van der Waals surface area contributed by atoms with Crippen molar-refractivity contribution in [2.45, 2.75) is 0 Å². The highest BCUT2D eigenvalue weighted by Crippen LogP contribution is 2.26. The molecule has 19 heavy (non-hydrogen) atoms. The van der Waals surface area contributed by atoms with Gasteiger partial charge in [-0.25, -0.2) is 4.98 Å². The number of nitriles is 1. The molecule has 0 radical (unpaired) electrons. The number of imidazole rings is 1. The van der Waals surface area contributed by atoms with Gasteiger partial charge in [0.15, 0.2) is 17.5 Å². The van der Waals surface area contributed by atoms with Crippen molar-refractivity contribution in [3.8, 4) is 6.07 Å². The number of carbonyl (C=O) groups excluding carboxylic acids is 2. The van der Waals surface area contributed by atoms with Gasteiger partial charge in [-0.2, -0.15) is 5.26 Å². The Morgan fingerprint density at radius 1 is 1.53 bits per heavy atom. The van der Waals surface area contributed by atoms with Gasteiger partial charge in [-0.3, -0.25) is 9.59 Å². The van der Waals surface area contributed by atoms with Gasteiger partial charge in [-0.05, 0) is 27.4 Å². The first-order valence-corrected chi connectivity index (χ1v) is 6.92. The highest BCUT2D eigenvalue weighted by molar-refractivity contribution is 9.10. The Balaban J connectivity index is 2.35. The molecule has 0 unspecified atom stereocenters. The molecule has 0 aliphatic heterocycles. The first kappa shape index (κ1) is 13.6. The number of aromatic nitrogens is 2. The number of halogens is 1. The van der Waals surface area contributed by atoms with E-state index in [4.69, 9.17) is 5.26 Å². The van der Waals surface area contributed by atoms with Gasteiger partial charge < -0.3 is 4.57 Å². The molecule has 0 saturated heterocycles. The lowest BCUT2D eigenvalue weighted by molar-refractivity contribution is 0.0840. The number of hydrogen-bond donors (Lipinski definition) is 0. The van der Waals surface area contributed by atoms with Crippen LogP contribution in [-0.2, 0) is 7.05 Å². The van der Waals surface area contributed by atoms with Gasteiger partial charge in [-0.15, -0.1) is 11.3 Å². The minimum atomic E-state index is -1.36. The number of Topliss-reactive ketones (excluding diaryl/α,β-unsaturated/α-hetero) is 2. The van der Waals surface area contributed by atoms with Crippen molar-refractivity contribution >= 4 is 38.8 Å². The first-order chi connectivity index (χ1) is 9.06. The second-order valence-corrected chi connectivity index (χ2v) is 5.52. The van der Waals surface area contributed by atoms with Crippen molar-refractivity contribution in [1.82, 2.24) is 9.55 Å². The Labute approximate surface area is 121 Å². The van der Waals surface area contributed by atoms with Crippen LogP contribution in [0.2, 0.25) is 0 Å². The first-order valence-electron chi connectivity index (χ1n) is 5.24. The van der Waals surface area contributed by atoms with Crippen LogP contribution in [0.4, 0.5) is 0 Å². The quantitative estimate of drug-likeness (QED) is 0.634. The van der Waals surface area contributed by atoms with Crippen molar-refractivity contribution in [2.24, 2.45) is 13.0 Å². The molecule has 0 bridgehead atoms. The smallest absolute Gasteiger partial charge is 0.223 e. The van der Waals surface area contributed by atoms with E-state index in [1.165, 1.54) is 22.1 Å². The number of hydrogen-bond acceptors (Lipinski definition) is 5. The molecule has 0 aromatic carbocycles. The van der Waals surface area contributed by atoms with Crippen molar-refractivity contribution in [3.05, 3.63) is 39.0 Å². The monoisotopic (exact) mass is 337 g/mol. The molecule has 2 aromatic heterocycles. The highest BCUT2D eigenvalue weighted by atomic mass is 79.9. The van der Waals surface area contributed by atoms with E-state index in [1.807, 2.05) is 0 Å². The van der Waals surface area contributed by atoms with Gasteiger partial charge in [-0.1, -0.05) is 0 Å². The lowest BCUT2D eigenvalue weighted by Crippen LogP contribution is -2.25. The van der Waals surface area contributed by atoms with E-state index >= 15 is 0 Å². The van der Waals surface area contributed by atoms with Crippen LogP contribution in [0.5, 0.6) is 0 Å². The van der Waals surface area contributed by atoms with Crippen LogP contribution in [0.1, 0.15) is 20.3 Å². The Kier molecular flexibility index (Phi) is 3.93. The van der Waals surface area contributed by atoms with Gasteiger partial charge in [0.1, 0.15) is 0 Å². The van der Waals surface area contributed by atoms with Gasteiger partial charge in [0.05, 0.1) is 10.9 Å². The summed E-state index contributed by atoms with van der Waals surface area (Å²) in [7, 11) is 1.64. The van der Waals surface area contributed by atoms with E-state index < -0.39 is 17.5 Å². The van der Waals surface area contributed by atoms with Gasteiger partial charge in [0, 0.05) is 23.9 Å². The average Bonchev–Trinajstić information content (AvgIpc) is 2.98. The molecule has 0 aliphatic rings. The highest BCUT2D eigenvalue weighted by Gasteiger charge is 2.32. The molecule has 0 aliphatic carbocycles. The summed E-state index contributed by atoms with van der Waals surface area (Å²) in [6.07, 6.45) is 3.04. The Morgan fingerprint density at radius 2 is 2.26 bits per heavy atom. The van der Waals surface area contributed by atoms with Crippen LogP contribution >= 0.6 is 27.3 Å². The second kappa shape index (κ2) is 5.47. The molecule has 0 N–H and O–H groups in total. The summed E-state index contributed by atoms with van der Waals surface area (Å²) in [4.78, 5) is 28.6. The van der Waals surface area contributed by atoms with E-state index in [9.17, 15) is 9.59 Å². The number of ketones is 2. The van der Waals surface area contributed by atoms with Gasteiger partial charge >= 0.3 is 0 Å². The van der Waals surface area contributed by atoms with Crippen LogP contribution < -0.4 is 0 Å². The maximum atomic E-state index is 12.2. The second-order valence-electron chi connectivity index (χ2n) is 3.75. The van der Waals surface area contributed by atoms with E-state index in [-0.39, 0.29) is 5.82 Å². The van der Waals surface area contributed by atoms with Crippen molar-refractivity contribution in [2.75, 3.05) is 0 Å². The molecule has 0 amide bonds. The van der Waals surface area contributed by atoms with Crippen molar-refractivity contribution in [3.63, 3.8) is 0 Å². The van der Waals surface area contributed by atoms with E-state index in [0.29, 0.717) is 9.35 Å². The number of nitrogens with zero attached hydrogens (tertiary/aromatic N) is 3. The predicted octanol–water partition coefficient (Wildman–Crippen LogP) is 2.45. The topological polar surface area (TPSA) is 75.8 Å². The standard InChI is InChI=1S/C12H8BrN3O2S/c1-16-4-3-15-12(16)10(18)7(6-14)9(17)11-8(13)2-5-19-11/h2-5,7H,1H3/t7-/m1/s1. The number of aryl methyl sites for hydroxylation is 1. The minimum Gasteiger partial charge on any atom is -0.332 e. The third kappa shape index (κ3) is 2.50. The van der Waals surface area contributed by atoms with Crippen molar-refractivity contribution < 1.29 is 9.59 Å². The molecule has 7 heteroatoms.